The van der Waals surface area contributed by atoms with Crippen LogP contribution in [0.2, 0.25) is 0 Å². The van der Waals surface area contributed by atoms with Crippen LogP contribution in [0.25, 0.3) is 0 Å². The molecular formula is C14H21FN2O2S. The van der Waals surface area contributed by atoms with E-state index in [0.29, 0.717) is 6.54 Å². The summed E-state index contributed by atoms with van der Waals surface area (Å²) in [5.74, 6) is -0.524. The molecule has 1 aliphatic rings. The highest BCUT2D eigenvalue weighted by atomic mass is 32.2. The molecule has 2 rings (SSSR count). The second-order valence-corrected chi connectivity index (χ2v) is 7.07. The molecule has 0 spiro atoms. The Balaban J connectivity index is 2.41. The van der Waals surface area contributed by atoms with Crippen molar-refractivity contribution in [3.8, 4) is 0 Å². The van der Waals surface area contributed by atoms with E-state index in [1.54, 1.807) is 4.31 Å². The molecule has 0 saturated carbocycles. The third-order valence-corrected chi connectivity index (χ3v) is 5.88. The predicted molar refractivity (Wildman–Crippen MR) is 77.3 cm³/mol. The Morgan fingerprint density at radius 1 is 1.35 bits per heavy atom. The molecular weight excluding hydrogens is 279 g/mol. The van der Waals surface area contributed by atoms with Gasteiger partial charge in [0, 0.05) is 12.6 Å². The summed E-state index contributed by atoms with van der Waals surface area (Å²) in [5, 5.41) is 0. The van der Waals surface area contributed by atoms with Gasteiger partial charge < -0.3 is 5.73 Å². The molecule has 0 bridgehead atoms. The summed E-state index contributed by atoms with van der Waals surface area (Å²) in [6.45, 7) is 2.50. The van der Waals surface area contributed by atoms with E-state index in [0.717, 1.165) is 44.2 Å². The number of nitrogens with zero attached hydrogens (tertiary/aromatic N) is 1. The third-order valence-electron chi connectivity index (χ3n) is 3.85. The SMILES string of the molecule is CCC1CCCCCN1S(=O)(=O)c1ccc(F)cc1N. The summed E-state index contributed by atoms with van der Waals surface area (Å²) in [6.07, 6.45) is 4.60. The van der Waals surface area contributed by atoms with Crippen LogP contribution in [0, 0.1) is 5.82 Å². The molecule has 1 heterocycles. The predicted octanol–water partition coefficient (Wildman–Crippen LogP) is 2.75. The van der Waals surface area contributed by atoms with E-state index in [2.05, 4.69) is 0 Å². The van der Waals surface area contributed by atoms with Crippen LogP contribution < -0.4 is 5.73 Å². The van der Waals surface area contributed by atoms with Gasteiger partial charge in [-0.25, -0.2) is 12.8 Å². The van der Waals surface area contributed by atoms with Crippen LogP contribution in [0.3, 0.4) is 0 Å². The van der Waals surface area contributed by atoms with Crippen molar-refractivity contribution >= 4 is 15.7 Å². The van der Waals surface area contributed by atoms with Crippen molar-refractivity contribution in [2.45, 2.75) is 50.0 Å². The number of rotatable bonds is 3. The minimum atomic E-state index is -3.65. The molecule has 20 heavy (non-hydrogen) atoms. The monoisotopic (exact) mass is 300 g/mol. The molecule has 0 radical (unpaired) electrons. The Bertz CT molecular complexity index is 575. The van der Waals surface area contributed by atoms with Crippen LogP contribution in [0.15, 0.2) is 23.1 Å². The Morgan fingerprint density at radius 2 is 2.10 bits per heavy atom. The topological polar surface area (TPSA) is 63.4 Å². The van der Waals surface area contributed by atoms with Gasteiger partial charge in [0.15, 0.2) is 0 Å². The number of halogens is 1. The summed E-state index contributed by atoms with van der Waals surface area (Å²) >= 11 is 0. The number of nitrogens with two attached hydrogens (primary N) is 1. The molecule has 0 aromatic heterocycles. The molecule has 112 valence electrons. The van der Waals surface area contributed by atoms with Gasteiger partial charge in [-0.15, -0.1) is 0 Å². The Morgan fingerprint density at radius 3 is 2.75 bits per heavy atom. The zero-order valence-electron chi connectivity index (χ0n) is 11.7. The molecule has 0 aliphatic carbocycles. The maximum Gasteiger partial charge on any atom is 0.245 e. The number of hydrogen-bond acceptors (Lipinski definition) is 3. The Kier molecular flexibility index (Phi) is 4.65. The van der Waals surface area contributed by atoms with Gasteiger partial charge in [-0.3, -0.25) is 0 Å². The second-order valence-electron chi connectivity index (χ2n) is 5.21. The van der Waals surface area contributed by atoms with E-state index in [4.69, 9.17) is 5.73 Å². The fraction of sp³-hybridized carbons (Fsp3) is 0.571. The summed E-state index contributed by atoms with van der Waals surface area (Å²) < 4.78 is 40.2. The van der Waals surface area contributed by atoms with E-state index in [9.17, 15) is 12.8 Å². The highest BCUT2D eigenvalue weighted by Crippen LogP contribution is 2.29. The minimum Gasteiger partial charge on any atom is -0.398 e. The Hall–Kier alpha value is -1.14. The smallest absolute Gasteiger partial charge is 0.245 e. The maximum atomic E-state index is 13.1. The van der Waals surface area contributed by atoms with Crippen LogP contribution in [-0.4, -0.2) is 25.3 Å². The average molecular weight is 300 g/mol. The zero-order valence-corrected chi connectivity index (χ0v) is 12.5. The molecule has 4 nitrogen and oxygen atoms in total. The summed E-state index contributed by atoms with van der Waals surface area (Å²) in [4.78, 5) is 0.0132. The van der Waals surface area contributed by atoms with E-state index >= 15 is 0 Å². The van der Waals surface area contributed by atoms with Crippen molar-refractivity contribution in [2.24, 2.45) is 0 Å². The third kappa shape index (κ3) is 2.96. The van der Waals surface area contributed by atoms with Crippen molar-refractivity contribution in [3.05, 3.63) is 24.0 Å². The molecule has 1 aromatic rings. The summed E-state index contributed by atoms with van der Waals surface area (Å²) in [6, 6.07) is 3.47. The van der Waals surface area contributed by atoms with Gasteiger partial charge in [-0.2, -0.15) is 4.31 Å². The lowest BCUT2D eigenvalue weighted by molar-refractivity contribution is 0.315. The Labute approximate surface area is 119 Å². The first kappa shape index (κ1) is 15.3. The first-order valence-corrected chi connectivity index (χ1v) is 8.47. The lowest BCUT2D eigenvalue weighted by Gasteiger charge is -2.28. The normalized spacial score (nSPS) is 21.6. The molecule has 1 saturated heterocycles. The van der Waals surface area contributed by atoms with Crippen molar-refractivity contribution < 1.29 is 12.8 Å². The van der Waals surface area contributed by atoms with Gasteiger partial charge in [0.2, 0.25) is 10.0 Å². The van der Waals surface area contributed by atoms with Crippen molar-refractivity contribution in [3.63, 3.8) is 0 Å². The maximum absolute atomic E-state index is 13.1. The fourth-order valence-corrected chi connectivity index (χ4v) is 4.62. The molecule has 1 aliphatic heterocycles. The molecule has 2 N–H and O–H groups in total. The van der Waals surface area contributed by atoms with Crippen LogP contribution in [-0.2, 0) is 10.0 Å². The number of benzene rings is 1. The molecule has 1 unspecified atom stereocenters. The molecule has 1 atom stereocenters. The minimum absolute atomic E-state index is 0.00644. The second kappa shape index (κ2) is 6.10. The van der Waals surface area contributed by atoms with Crippen LogP contribution in [0.1, 0.15) is 39.0 Å². The molecule has 0 amide bonds. The quantitative estimate of drug-likeness (QED) is 0.873. The summed E-state index contributed by atoms with van der Waals surface area (Å²) in [5.41, 5.74) is 5.67. The van der Waals surface area contributed by atoms with Crippen molar-refractivity contribution in [1.82, 2.24) is 4.31 Å². The van der Waals surface area contributed by atoms with E-state index in [1.165, 1.54) is 6.07 Å². The number of sulfonamides is 1. The van der Waals surface area contributed by atoms with Gasteiger partial charge in [0.25, 0.3) is 0 Å². The first-order chi connectivity index (χ1) is 9.46. The van der Waals surface area contributed by atoms with Gasteiger partial charge >= 0.3 is 0 Å². The van der Waals surface area contributed by atoms with Crippen LogP contribution in [0.5, 0.6) is 0 Å². The largest absolute Gasteiger partial charge is 0.398 e. The van der Waals surface area contributed by atoms with Crippen molar-refractivity contribution in [1.29, 1.82) is 0 Å². The van der Waals surface area contributed by atoms with Crippen molar-refractivity contribution in [2.75, 3.05) is 12.3 Å². The number of nitrogen functional groups attached to an aromatic ring is 1. The number of hydrogen-bond donors (Lipinski definition) is 1. The van der Waals surface area contributed by atoms with Gasteiger partial charge in [-0.1, -0.05) is 19.8 Å². The lowest BCUT2D eigenvalue weighted by Crippen LogP contribution is -2.39. The van der Waals surface area contributed by atoms with E-state index < -0.39 is 15.8 Å². The van der Waals surface area contributed by atoms with E-state index in [-0.39, 0.29) is 16.6 Å². The number of anilines is 1. The van der Waals surface area contributed by atoms with Gasteiger partial charge in [-0.05, 0) is 37.5 Å². The standard InChI is InChI=1S/C14H21FN2O2S/c1-2-12-6-4-3-5-9-17(12)20(18,19)14-8-7-11(15)10-13(14)16/h7-8,10,12H,2-6,9,16H2,1H3. The first-order valence-electron chi connectivity index (χ1n) is 7.03. The molecule has 1 aromatic carbocycles. The van der Waals surface area contributed by atoms with Crippen LogP contribution >= 0.6 is 0 Å². The van der Waals surface area contributed by atoms with E-state index in [1.807, 2.05) is 6.92 Å². The highest BCUT2D eigenvalue weighted by Gasteiger charge is 2.32. The average Bonchev–Trinajstić information content (AvgIpc) is 2.63. The zero-order chi connectivity index (χ0) is 14.8. The van der Waals surface area contributed by atoms with Gasteiger partial charge in [0.05, 0.1) is 5.69 Å². The summed E-state index contributed by atoms with van der Waals surface area (Å²) in [7, 11) is -3.65. The highest BCUT2D eigenvalue weighted by molar-refractivity contribution is 7.89. The van der Waals surface area contributed by atoms with Gasteiger partial charge in [0.1, 0.15) is 10.7 Å². The lowest BCUT2D eigenvalue weighted by atomic mass is 10.1. The van der Waals surface area contributed by atoms with Crippen LogP contribution in [0.4, 0.5) is 10.1 Å². The fourth-order valence-electron chi connectivity index (χ4n) is 2.76. The molecule has 6 heteroatoms. The molecule has 1 fully saturated rings.